The monoisotopic (exact) mass is 364 g/mol. The van der Waals surface area contributed by atoms with Gasteiger partial charge < -0.3 is 5.32 Å². The molecule has 0 aromatic carbocycles. The van der Waals surface area contributed by atoms with Crippen molar-refractivity contribution in [2.24, 2.45) is 0 Å². The second-order valence-electron chi connectivity index (χ2n) is 4.55. The van der Waals surface area contributed by atoms with Crippen LogP contribution in [0.2, 0.25) is 10.3 Å². The lowest BCUT2D eigenvalue weighted by Gasteiger charge is -2.03. The maximum atomic E-state index is 12.3. The fraction of sp³-hybridized carbons (Fsp3) is 0.0667. The van der Waals surface area contributed by atoms with E-state index >= 15 is 0 Å². The van der Waals surface area contributed by atoms with Gasteiger partial charge in [-0.05, 0) is 23.8 Å². The Labute approximate surface area is 146 Å². The molecule has 8 heteroatoms. The van der Waals surface area contributed by atoms with E-state index in [1.165, 1.54) is 11.3 Å². The summed E-state index contributed by atoms with van der Waals surface area (Å²) in [6, 6.07) is 7.13. The van der Waals surface area contributed by atoms with Crippen molar-refractivity contribution in [1.82, 2.24) is 20.3 Å². The summed E-state index contributed by atoms with van der Waals surface area (Å²) in [5, 5.41) is 4.03. The standard InChI is InChI=1S/C15H10Cl2N4OS/c16-11-4-3-9(6-19-11)7-20-14(22)12-13(17)21-15(23-12)10-2-1-5-18-8-10/h1-6,8H,7H2,(H,20,22). The molecule has 0 unspecified atom stereocenters. The van der Waals surface area contributed by atoms with Gasteiger partial charge in [-0.1, -0.05) is 29.3 Å². The number of hydrogen-bond acceptors (Lipinski definition) is 5. The molecule has 5 nitrogen and oxygen atoms in total. The maximum Gasteiger partial charge on any atom is 0.264 e. The van der Waals surface area contributed by atoms with Gasteiger partial charge in [0.1, 0.15) is 15.0 Å². The average Bonchev–Trinajstić information content (AvgIpc) is 2.97. The normalized spacial score (nSPS) is 10.5. The molecular weight excluding hydrogens is 355 g/mol. The van der Waals surface area contributed by atoms with Crippen LogP contribution in [0.5, 0.6) is 0 Å². The second kappa shape index (κ2) is 7.04. The van der Waals surface area contributed by atoms with Crippen molar-refractivity contribution < 1.29 is 4.79 Å². The number of thiazole rings is 1. The molecule has 1 N–H and O–H groups in total. The molecule has 0 saturated carbocycles. The minimum Gasteiger partial charge on any atom is -0.347 e. The Bertz CT molecular complexity index is 821. The Balaban J connectivity index is 1.72. The second-order valence-corrected chi connectivity index (χ2v) is 6.30. The zero-order chi connectivity index (χ0) is 16.2. The first-order chi connectivity index (χ1) is 11.1. The third kappa shape index (κ3) is 3.85. The average molecular weight is 365 g/mol. The number of nitrogens with one attached hydrogen (secondary N) is 1. The summed E-state index contributed by atoms with van der Waals surface area (Å²) in [5.41, 5.74) is 1.66. The number of carbonyl (C=O) groups is 1. The van der Waals surface area contributed by atoms with E-state index in [1.54, 1.807) is 36.8 Å². The Morgan fingerprint density at radius 2 is 2.09 bits per heavy atom. The Hall–Kier alpha value is -2.02. The smallest absolute Gasteiger partial charge is 0.264 e. The van der Waals surface area contributed by atoms with Crippen LogP contribution in [0.25, 0.3) is 10.6 Å². The van der Waals surface area contributed by atoms with Crippen LogP contribution in [0, 0.1) is 0 Å². The van der Waals surface area contributed by atoms with Crippen LogP contribution in [0.1, 0.15) is 15.2 Å². The number of pyridine rings is 2. The van der Waals surface area contributed by atoms with Crippen molar-refractivity contribution in [1.29, 1.82) is 0 Å². The minimum atomic E-state index is -0.280. The van der Waals surface area contributed by atoms with Gasteiger partial charge in [0.2, 0.25) is 0 Å². The predicted octanol–water partition coefficient (Wildman–Crippen LogP) is 3.84. The quantitative estimate of drug-likeness (QED) is 0.714. The highest BCUT2D eigenvalue weighted by atomic mass is 35.5. The zero-order valence-electron chi connectivity index (χ0n) is 11.7. The van der Waals surface area contributed by atoms with E-state index in [1.807, 2.05) is 6.07 Å². The first-order valence-electron chi connectivity index (χ1n) is 6.59. The lowest BCUT2D eigenvalue weighted by molar-refractivity contribution is 0.0955. The molecule has 3 aromatic heterocycles. The highest BCUT2D eigenvalue weighted by Gasteiger charge is 2.17. The lowest BCUT2D eigenvalue weighted by Crippen LogP contribution is -2.22. The number of nitrogens with zero attached hydrogens (tertiary/aromatic N) is 3. The maximum absolute atomic E-state index is 12.3. The number of amides is 1. The Kier molecular flexibility index (Phi) is 4.85. The highest BCUT2D eigenvalue weighted by Crippen LogP contribution is 2.30. The summed E-state index contributed by atoms with van der Waals surface area (Å²) < 4.78 is 0. The van der Waals surface area contributed by atoms with E-state index in [2.05, 4.69) is 20.3 Å². The van der Waals surface area contributed by atoms with Crippen LogP contribution in [-0.2, 0) is 6.54 Å². The van der Waals surface area contributed by atoms with Crippen LogP contribution in [0.15, 0.2) is 42.9 Å². The van der Waals surface area contributed by atoms with Crippen molar-refractivity contribution >= 4 is 40.4 Å². The van der Waals surface area contributed by atoms with Gasteiger partial charge in [-0.25, -0.2) is 9.97 Å². The molecule has 0 fully saturated rings. The number of hydrogen-bond donors (Lipinski definition) is 1. The summed E-state index contributed by atoms with van der Waals surface area (Å²) >= 11 is 13.0. The van der Waals surface area contributed by atoms with Crippen molar-refractivity contribution in [3.05, 3.63) is 63.6 Å². The summed E-state index contributed by atoms with van der Waals surface area (Å²) in [5.74, 6) is -0.280. The Morgan fingerprint density at radius 1 is 1.22 bits per heavy atom. The largest absolute Gasteiger partial charge is 0.347 e. The first kappa shape index (κ1) is 15.9. The molecule has 3 heterocycles. The molecule has 0 aliphatic heterocycles. The van der Waals surface area contributed by atoms with Gasteiger partial charge in [0.25, 0.3) is 5.91 Å². The predicted molar refractivity (Wildman–Crippen MR) is 90.8 cm³/mol. The van der Waals surface area contributed by atoms with Crippen LogP contribution < -0.4 is 5.32 Å². The van der Waals surface area contributed by atoms with Gasteiger partial charge >= 0.3 is 0 Å². The van der Waals surface area contributed by atoms with Crippen molar-refractivity contribution in [3.63, 3.8) is 0 Å². The summed E-state index contributed by atoms with van der Waals surface area (Å²) in [4.78, 5) is 24.8. The summed E-state index contributed by atoms with van der Waals surface area (Å²) in [6.45, 7) is 0.333. The topological polar surface area (TPSA) is 67.8 Å². The fourth-order valence-corrected chi connectivity index (χ4v) is 3.14. The molecule has 0 spiro atoms. The lowest BCUT2D eigenvalue weighted by atomic mass is 10.3. The first-order valence-corrected chi connectivity index (χ1v) is 8.16. The number of carbonyl (C=O) groups excluding carboxylic acids is 1. The molecule has 0 aliphatic carbocycles. The number of halogens is 2. The molecular formula is C15H10Cl2N4OS. The third-order valence-electron chi connectivity index (χ3n) is 2.94. The molecule has 23 heavy (non-hydrogen) atoms. The van der Waals surface area contributed by atoms with Gasteiger partial charge in [-0.15, -0.1) is 11.3 Å². The van der Waals surface area contributed by atoms with E-state index in [0.29, 0.717) is 21.6 Å². The molecule has 116 valence electrons. The molecule has 1 amide bonds. The van der Waals surface area contributed by atoms with E-state index < -0.39 is 0 Å². The van der Waals surface area contributed by atoms with Crippen LogP contribution in [-0.4, -0.2) is 20.9 Å². The SMILES string of the molecule is O=C(NCc1ccc(Cl)nc1)c1sc(-c2cccnc2)nc1Cl. The van der Waals surface area contributed by atoms with Crippen LogP contribution in [0.3, 0.4) is 0 Å². The summed E-state index contributed by atoms with van der Waals surface area (Å²) in [6.07, 6.45) is 4.96. The van der Waals surface area contributed by atoms with Gasteiger partial charge in [0, 0.05) is 30.7 Å². The van der Waals surface area contributed by atoms with Gasteiger partial charge in [-0.2, -0.15) is 0 Å². The third-order valence-corrected chi connectivity index (χ3v) is 4.65. The van der Waals surface area contributed by atoms with Crippen molar-refractivity contribution in [2.45, 2.75) is 6.54 Å². The minimum absolute atomic E-state index is 0.181. The zero-order valence-corrected chi connectivity index (χ0v) is 14.0. The molecule has 3 aromatic rings. The molecule has 0 aliphatic rings. The number of rotatable bonds is 4. The van der Waals surface area contributed by atoms with E-state index in [-0.39, 0.29) is 11.1 Å². The van der Waals surface area contributed by atoms with Gasteiger partial charge in [0.05, 0.1) is 0 Å². The Morgan fingerprint density at radius 3 is 2.78 bits per heavy atom. The van der Waals surface area contributed by atoms with E-state index in [4.69, 9.17) is 23.2 Å². The van der Waals surface area contributed by atoms with Gasteiger partial charge in [-0.3, -0.25) is 9.78 Å². The molecule has 0 radical (unpaired) electrons. The molecule has 0 saturated heterocycles. The van der Waals surface area contributed by atoms with E-state index in [9.17, 15) is 4.79 Å². The van der Waals surface area contributed by atoms with Crippen molar-refractivity contribution in [2.75, 3.05) is 0 Å². The van der Waals surface area contributed by atoms with Crippen LogP contribution >= 0.6 is 34.5 Å². The molecule has 0 bridgehead atoms. The molecule has 0 atom stereocenters. The van der Waals surface area contributed by atoms with Crippen molar-refractivity contribution in [3.8, 4) is 10.6 Å². The van der Waals surface area contributed by atoms with Gasteiger partial charge in [0.15, 0.2) is 5.15 Å². The van der Waals surface area contributed by atoms with Crippen LogP contribution in [0.4, 0.5) is 0 Å². The van der Waals surface area contributed by atoms with E-state index in [0.717, 1.165) is 11.1 Å². The fourth-order valence-electron chi connectivity index (χ4n) is 1.83. The molecule has 3 rings (SSSR count). The highest BCUT2D eigenvalue weighted by molar-refractivity contribution is 7.17. The summed E-state index contributed by atoms with van der Waals surface area (Å²) in [7, 11) is 0. The number of aromatic nitrogens is 3.